The molecule has 3 heteroatoms. The lowest BCUT2D eigenvalue weighted by Crippen LogP contribution is -2.00. The SMILES string of the molecule is CCC=C(CC=O)C(=O)O. The van der Waals surface area contributed by atoms with Crippen LogP contribution in [0.4, 0.5) is 0 Å². The Morgan fingerprint density at radius 3 is 2.50 bits per heavy atom. The predicted octanol–water partition coefficient (Wildman–Crippen LogP) is 0.996. The second-order valence-electron chi connectivity index (χ2n) is 1.81. The molecule has 0 spiro atoms. The Labute approximate surface area is 59.4 Å². The summed E-state index contributed by atoms with van der Waals surface area (Å²) < 4.78 is 0. The quantitative estimate of drug-likeness (QED) is 0.470. The monoisotopic (exact) mass is 142 g/mol. The van der Waals surface area contributed by atoms with Crippen LogP contribution in [0.25, 0.3) is 0 Å². The first-order valence-corrected chi connectivity index (χ1v) is 3.08. The molecule has 10 heavy (non-hydrogen) atoms. The lowest BCUT2D eigenvalue weighted by atomic mass is 10.2. The van der Waals surface area contributed by atoms with Crippen LogP contribution in [0.1, 0.15) is 19.8 Å². The van der Waals surface area contributed by atoms with Crippen LogP contribution in [0.2, 0.25) is 0 Å². The Bertz CT molecular complexity index is 158. The van der Waals surface area contributed by atoms with E-state index in [9.17, 15) is 9.59 Å². The number of allylic oxidation sites excluding steroid dienone is 1. The Hall–Kier alpha value is -1.12. The molecule has 0 aliphatic carbocycles. The van der Waals surface area contributed by atoms with Gasteiger partial charge in [0.25, 0.3) is 0 Å². The van der Waals surface area contributed by atoms with E-state index in [4.69, 9.17) is 5.11 Å². The number of hydrogen-bond donors (Lipinski definition) is 1. The van der Waals surface area contributed by atoms with Crippen LogP contribution in [0.3, 0.4) is 0 Å². The van der Waals surface area contributed by atoms with Crippen LogP contribution in [-0.2, 0) is 9.59 Å². The summed E-state index contributed by atoms with van der Waals surface area (Å²) in [5.41, 5.74) is 0.178. The molecule has 0 aliphatic heterocycles. The van der Waals surface area contributed by atoms with Crippen molar-refractivity contribution in [1.82, 2.24) is 0 Å². The van der Waals surface area contributed by atoms with Crippen molar-refractivity contribution in [3.8, 4) is 0 Å². The van der Waals surface area contributed by atoms with Gasteiger partial charge in [-0.3, -0.25) is 0 Å². The van der Waals surface area contributed by atoms with Crippen LogP contribution in [0.5, 0.6) is 0 Å². The van der Waals surface area contributed by atoms with Crippen LogP contribution in [0, 0.1) is 0 Å². The van der Waals surface area contributed by atoms with Gasteiger partial charge in [0.15, 0.2) is 0 Å². The van der Waals surface area contributed by atoms with Crippen molar-refractivity contribution in [3.05, 3.63) is 11.6 Å². The highest BCUT2D eigenvalue weighted by molar-refractivity contribution is 5.89. The van der Waals surface area contributed by atoms with Gasteiger partial charge in [-0.1, -0.05) is 13.0 Å². The number of aliphatic carboxylic acids is 1. The Morgan fingerprint density at radius 1 is 1.60 bits per heavy atom. The fourth-order valence-electron chi connectivity index (χ4n) is 0.594. The summed E-state index contributed by atoms with van der Waals surface area (Å²) in [5, 5.41) is 8.41. The minimum Gasteiger partial charge on any atom is -0.478 e. The first kappa shape index (κ1) is 8.88. The van der Waals surface area contributed by atoms with Crippen LogP contribution in [-0.4, -0.2) is 17.4 Å². The average Bonchev–Trinajstić information content (AvgIpc) is 1.87. The maximum absolute atomic E-state index is 10.3. The van der Waals surface area contributed by atoms with Gasteiger partial charge < -0.3 is 9.90 Å². The number of carboxylic acid groups (broad SMARTS) is 1. The summed E-state index contributed by atoms with van der Waals surface area (Å²) in [4.78, 5) is 20.1. The molecule has 0 heterocycles. The van der Waals surface area contributed by atoms with Gasteiger partial charge in [-0.15, -0.1) is 0 Å². The van der Waals surface area contributed by atoms with Crippen LogP contribution in [0.15, 0.2) is 11.6 Å². The van der Waals surface area contributed by atoms with Crippen LogP contribution < -0.4 is 0 Å². The summed E-state index contributed by atoms with van der Waals surface area (Å²) in [6.07, 6.45) is 2.78. The second kappa shape index (κ2) is 4.73. The molecule has 0 aromatic heterocycles. The van der Waals surface area contributed by atoms with Crippen LogP contribution >= 0.6 is 0 Å². The van der Waals surface area contributed by atoms with Crippen molar-refractivity contribution in [2.24, 2.45) is 0 Å². The molecule has 0 aromatic carbocycles. The van der Waals surface area contributed by atoms with Crippen molar-refractivity contribution in [2.45, 2.75) is 19.8 Å². The average molecular weight is 142 g/mol. The molecule has 0 bridgehead atoms. The number of aldehydes is 1. The Kier molecular flexibility index (Phi) is 4.20. The van der Waals surface area contributed by atoms with Crippen molar-refractivity contribution in [2.75, 3.05) is 0 Å². The van der Waals surface area contributed by atoms with Crippen molar-refractivity contribution in [1.29, 1.82) is 0 Å². The molecule has 1 N–H and O–H groups in total. The van der Waals surface area contributed by atoms with Gasteiger partial charge >= 0.3 is 5.97 Å². The van der Waals surface area contributed by atoms with E-state index in [1.165, 1.54) is 6.08 Å². The number of rotatable bonds is 4. The molecule has 0 atom stereocenters. The first-order chi connectivity index (χ1) is 4.72. The lowest BCUT2D eigenvalue weighted by molar-refractivity contribution is -0.133. The lowest BCUT2D eigenvalue weighted by Gasteiger charge is -1.92. The molecule has 0 fully saturated rings. The van der Waals surface area contributed by atoms with E-state index in [-0.39, 0.29) is 12.0 Å². The van der Waals surface area contributed by atoms with Crippen molar-refractivity contribution >= 4 is 12.3 Å². The van der Waals surface area contributed by atoms with Gasteiger partial charge in [0, 0.05) is 12.0 Å². The second-order valence-corrected chi connectivity index (χ2v) is 1.81. The summed E-state index contributed by atoms with van der Waals surface area (Å²) in [6, 6.07) is 0. The zero-order valence-electron chi connectivity index (χ0n) is 5.83. The number of carboxylic acids is 1. The number of carbonyl (C=O) groups excluding carboxylic acids is 1. The summed E-state index contributed by atoms with van der Waals surface area (Å²) in [7, 11) is 0. The molecule has 3 nitrogen and oxygen atoms in total. The van der Waals surface area contributed by atoms with Gasteiger partial charge in [-0.25, -0.2) is 4.79 Å². The molecular weight excluding hydrogens is 132 g/mol. The highest BCUT2D eigenvalue weighted by Gasteiger charge is 2.03. The zero-order chi connectivity index (χ0) is 7.98. The van der Waals surface area contributed by atoms with Gasteiger partial charge in [0.2, 0.25) is 0 Å². The molecule has 0 amide bonds. The third-order valence-corrected chi connectivity index (χ3v) is 1.03. The fraction of sp³-hybridized carbons (Fsp3) is 0.429. The topological polar surface area (TPSA) is 54.4 Å². The van der Waals surface area contributed by atoms with Gasteiger partial charge in [-0.2, -0.15) is 0 Å². The Balaban J connectivity index is 4.10. The van der Waals surface area contributed by atoms with E-state index >= 15 is 0 Å². The standard InChI is InChI=1S/C7H10O3/c1-2-3-6(4-5-8)7(9)10/h3,5H,2,4H2,1H3,(H,9,10). The molecule has 0 saturated carbocycles. The van der Waals surface area contributed by atoms with Gasteiger partial charge in [0.05, 0.1) is 0 Å². The summed E-state index contributed by atoms with van der Waals surface area (Å²) >= 11 is 0. The van der Waals surface area contributed by atoms with E-state index in [0.29, 0.717) is 12.7 Å². The summed E-state index contributed by atoms with van der Waals surface area (Å²) in [6.45, 7) is 1.83. The van der Waals surface area contributed by atoms with Crippen molar-refractivity contribution < 1.29 is 14.7 Å². The smallest absolute Gasteiger partial charge is 0.331 e. The molecule has 0 rings (SSSR count). The largest absolute Gasteiger partial charge is 0.478 e. The van der Waals surface area contributed by atoms with E-state index in [2.05, 4.69) is 0 Å². The normalized spacial score (nSPS) is 11.1. The number of carbonyl (C=O) groups is 2. The van der Waals surface area contributed by atoms with Gasteiger partial charge in [0.1, 0.15) is 6.29 Å². The molecule has 0 radical (unpaired) electrons. The Morgan fingerprint density at radius 2 is 2.20 bits per heavy atom. The number of hydrogen-bond acceptors (Lipinski definition) is 2. The van der Waals surface area contributed by atoms with E-state index < -0.39 is 5.97 Å². The maximum Gasteiger partial charge on any atom is 0.331 e. The molecule has 0 aromatic rings. The molecule has 0 saturated heterocycles. The highest BCUT2D eigenvalue weighted by atomic mass is 16.4. The van der Waals surface area contributed by atoms with E-state index in [1.54, 1.807) is 0 Å². The van der Waals surface area contributed by atoms with E-state index in [1.807, 2.05) is 6.92 Å². The molecule has 0 aliphatic rings. The molecule has 56 valence electrons. The van der Waals surface area contributed by atoms with E-state index in [0.717, 1.165) is 0 Å². The molecular formula is C7H10O3. The minimum atomic E-state index is -1.01. The predicted molar refractivity (Wildman–Crippen MR) is 36.7 cm³/mol. The highest BCUT2D eigenvalue weighted by Crippen LogP contribution is 1.99. The first-order valence-electron chi connectivity index (χ1n) is 3.08. The minimum absolute atomic E-state index is 0.00315. The summed E-state index contributed by atoms with van der Waals surface area (Å²) in [5.74, 6) is -1.01. The van der Waals surface area contributed by atoms with Gasteiger partial charge in [-0.05, 0) is 6.42 Å². The fourth-order valence-corrected chi connectivity index (χ4v) is 0.594. The third-order valence-electron chi connectivity index (χ3n) is 1.03. The van der Waals surface area contributed by atoms with Crippen molar-refractivity contribution in [3.63, 3.8) is 0 Å². The third kappa shape index (κ3) is 3.02. The molecule has 0 unspecified atom stereocenters. The maximum atomic E-state index is 10.3. The zero-order valence-corrected chi connectivity index (χ0v) is 5.83.